The molecule has 0 aromatic carbocycles. The van der Waals surface area contributed by atoms with Crippen molar-refractivity contribution < 1.29 is 4.79 Å². The Kier molecular flexibility index (Phi) is 6.50. The lowest BCUT2D eigenvalue weighted by atomic mass is 10.2. The van der Waals surface area contributed by atoms with Crippen LogP contribution in [0.2, 0.25) is 0 Å². The van der Waals surface area contributed by atoms with E-state index in [9.17, 15) is 4.79 Å². The quantitative estimate of drug-likeness (QED) is 0.643. The average molecular weight is 326 g/mol. The predicted octanol–water partition coefficient (Wildman–Crippen LogP) is 3.02. The highest BCUT2D eigenvalue weighted by Crippen LogP contribution is 2.30. The molecule has 1 atom stereocenters. The summed E-state index contributed by atoms with van der Waals surface area (Å²) in [5.74, 6) is 0.220. The minimum Gasteiger partial charge on any atom is -0.357 e. The highest BCUT2D eigenvalue weighted by Gasteiger charge is 2.23. The number of hydrogen-bond acceptors (Lipinski definition) is 6. The lowest BCUT2D eigenvalue weighted by molar-refractivity contribution is -0.130. The van der Waals surface area contributed by atoms with Crippen LogP contribution < -0.4 is 5.32 Å². The Balaban J connectivity index is 1.87. The van der Waals surface area contributed by atoms with Gasteiger partial charge in [0.05, 0.1) is 5.25 Å². The molecule has 1 N–H and O–H groups in total. The zero-order valence-electron chi connectivity index (χ0n) is 12.4. The Morgan fingerprint density at radius 3 is 2.81 bits per heavy atom. The number of carbonyl (C=O) groups excluding carboxylic acids is 1. The zero-order chi connectivity index (χ0) is 15.1. The first-order chi connectivity index (χ1) is 10.2. The maximum Gasteiger partial charge on any atom is 0.235 e. The lowest BCUT2D eigenvalue weighted by Crippen LogP contribution is -2.37. The first kappa shape index (κ1) is 16.3. The molecule has 116 valence electrons. The van der Waals surface area contributed by atoms with Gasteiger partial charge in [-0.3, -0.25) is 4.79 Å². The van der Waals surface area contributed by atoms with Crippen LogP contribution in [0.4, 0.5) is 5.13 Å². The normalized spacial score (nSPS) is 17.1. The van der Waals surface area contributed by atoms with Crippen molar-refractivity contribution >= 4 is 34.1 Å². The molecule has 2 rings (SSSR count). The van der Waals surface area contributed by atoms with Crippen molar-refractivity contribution in [2.45, 2.75) is 42.2 Å². The van der Waals surface area contributed by atoms with Crippen molar-refractivity contribution in [1.29, 1.82) is 0 Å². The molecule has 1 amide bonds. The summed E-state index contributed by atoms with van der Waals surface area (Å²) >= 11 is 2.97. The fourth-order valence-electron chi connectivity index (χ4n) is 2.24. The molecule has 1 aromatic heterocycles. The van der Waals surface area contributed by atoms with Gasteiger partial charge in [-0.15, -0.1) is 16.8 Å². The molecular formula is C14H22N4OS2. The molecule has 1 aliphatic heterocycles. The van der Waals surface area contributed by atoms with Gasteiger partial charge in [-0.25, -0.2) is 0 Å². The average Bonchev–Trinajstić information content (AvgIpc) is 2.75. The van der Waals surface area contributed by atoms with E-state index in [1.807, 2.05) is 11.8 Å². The number of aromatic nitrogens is 2. The largest absolute Gasteiger partial charge is 0.357 e. The fourth-order valence-corrected chi connectivity index (χ4v) is 4.22. The van der Waals surface area contributed by atoms with Crippen LogP contribution in [-0.2, 0) is 4.79 Å². The third-order valence-corrected chi connectivity index (χ3v) is 5.40. The minimum absolute atomic E-state index is 0.108. The number of hydrogen-bond donors (Lipinski definition) is 1. The number of likely N-dealkylation sites (tertiary alicyclic amines) is 1. The molecule has 5 nitrogen and oxygen atoms in total. The number of carbonyl (C=O) groups is 1. The maximum atomic E-state index is 12.5. The van der Waals surface area contributed by atoms with Crippen molar-refractivity contribution in [3.63, 3.8) is 0 Å². The number of nitrogens with one attached hydrogen (secondary N) is 1. The van der Waals surface area contributed by atoms with E-state index in [1.54, 1.807) is 6.08 Å². The number of thioether (sulfide) groups is 1. The second kappa shape index (κ2) is 8.38. The molecule has 0 unspecified atom stereocenters. The van der Waals surface area contributed by atoms with E-state index < -0.39 is 0 Å². The van der Waals surface area contributed by atoms with Gasteiger partial charge in [0, 0.05) is 19.6 Å². The van der Waals surface area contributed by atoms with Gasteiger partial charge in [0.1, 0.15) is 0 Å². The van der Waals surface area contributed by atoms with Crippen LogP contribution in [0.15, 0.2) is 17.0 Å². The van der Waals surface area contributed by atoms with Crippen molar-refractivity contribution in [3.05, 3.63) is 12.7 Å². The standard InChI is InChI=1S/C14H22N4OS2/c1-3-8-15-13-16-17-14(21-13)20-11(2)12(19)18-9-6-4-5-7-10-18/h3,11H,1,4-10H2,2H3,(H,15,16)/t11-/m0/s1. The van der Waals surface area contributed by atoms with Gasteiger partial charge in [0.25, 0.3) is 0 Å². The topological polar surface area (TPSA) is 58.1 Å². The Morgan fingerprint density at radius 2 is 2.14 bits per heavy atom. The van der Waals surface area contributed by atoms with Gasteiger partial charge >= 0.3 is 0 Å². The summed E-state index contributed by atoms with van der Waals surface area (Å²) in [5.41, 5.74) is 0. The molecule has 1 aliphatic rings. The van der Waals surface area contributed by atoms with Gasteiger partial charge in [0.15, 0.2) is 4.34 Å². The molecule has 1 saturated heterocycles. The first-order valence-corrected chi connectivity index (χ1v) is 9.04. The predicted molar refractivity (Wildman–Crippen MR) is 89.0 cm³/mol. The molecule has 1 aromatic rings. The molecule has 1 fully saturated rings. The van der Waals surface area contributed by atoms with Gasteiger partial charge < -0.3 is 10.2 Å². The summed E-state index contributed by atoms with van der Waals surface area (Å²) in [7, 11) is 0. The molecule has 7 heteroatoms. The highest BCUT2D eigenvalue weighted by molar-refractivity contribution is 8.02. The van der Waals surface area contributed by atoms with Crippen molar-refractivity contribution in [1.82, 2.24) is 15.1 Å². The number of rotatable bonds is 6. The van der Waals surface area contributed by atoms with Crippen LogP contribution in [0, 0.1) is 0 Å². The third kappa shape index (κ3) is 5.00. The van der Waals surface area contributed by atoms with Gasteiger partial charge in [0.2, 0.25) is 11.0 Å². The van der Waals surface area contributed by atoms with E-state index in [-0.39, 0.29) is 11.2 Å². The first-order valence-electron chi connectivity index (χ1n) is 7.34. The van der Waals surface area contributed by atoms with Crippen LogP contribution in [0.25, 0.3) is 0 Å². The van der Waals surface area contributed by atoms with Crippen molar-refractivity contribution in [3.8, 4) is 0 Å². The summed E-state index contributed by atoms with van der Waals surface area (Å²) in [6, 6.07) is 0. The fraction of sp³-hybridized carbons (Fsp3) is 0.643. The molecule has 0 saturated carbocycles. The van der Waals surface area contributed by atoms with Gasteiger partial charge in [-0.2, -0.15) is 0 Å². The molecule has 0 bridgehead atoms. The van der Waals surface area contributed by atoms with E-state index in [1.165, 1.54) is 35.9 Å². The SMILES string of the molecule is C=CCNc1nnc(S[C@@H](C)C(=O)N2CCCCCC2)s1. The Morgan fingerprint density at radius 1 is 1.43 bits per heavy atom. The maximum absolute atomic E-state index is 12.5. The van der Waals surface area contributed by atoms with Crippen LogP contribution in [0.5, 0.6) is 0 Å². The van der Waals surface area contributed by atoms with E-state index in [0.717, 1.165) is 35.4 Å². The van der Waals surface area contributed by atoms with Crippen molar-refractivity contribution in [2.75, 3.05) is 25.0 Å². The van der Waals surface area contributed by atoms with E-state index in [4.69, 9.17) is 0 Å². The second-order valence-electron chi connectivity index (χ2n) is 5.04. The molecular weight excluding hydrogens is 304 g/mol. The monoisotopic (exact) mass is 326 g/mol. The number of amides is 1. The third-order valence-electron chi connectivity index (χ3n) is 3.35. The highest BCUT2D eigenvalue weighted by atomic mass is 32.2. The lowest BCUT2D eigenvalue weighted by Gasteiger charge is -2.23. The number of nitrogens with zero attached hydrogens (tertiary/aromatic N) is 3. The Hall–Kier alpha value is -1.08. The second-order valence-corrected chi connectivity index (χ2v) is 7.61. The summed E-state index contributed by atoms with van der Waals surface area (Å²) in [6.07, 6.45) is 6.49. The zero-order valence-corrected chi connectivity index (χ0v) is 14.0. The van der Waals surface area contributed by atoms with Crippen molar-refractivity contribution in [2.24, 2.45) is 0 Å². The number of anilines is 1. The van der Waals surface area contributed by atoms with Gasteiger partial charge in [-0.1, -0.05) is 42.0 Å². The summed E-state index contributed by atoms with van der Waals surface area (Å²) in [5, 5.41) is 11.9. The molecule has 0 radical (unpaired) electrons. The summed E-state index contributed by atoms with van der Waals surface area (Å²) in [4.78, 5) is 14.5. The van der Waals surface area contributed by atoms with E-state index in [2.05, 4.69) is 22.1 Å². The summed E-state index contributed by atoms with van der Waals surface area (Å²) in [6.45, 7) is 8.06. The Labute approximate surface area is 134 Å². The van der Waals surface area contributed by atoms with Gasteiger partial charge in [-0.05, 0) is 19.8 Å². The molecule has 0 aliphatic carbocycles. The minimum atomic E-state index is -0.108. The smallest absolute Gasteiger partial charge is 0.235 e. The molecule has 2 heterocycles. The van der Waals surface area contributed by atoms with Crippen LogP contribution in [0.1, 0.15) is 32.6 Å². The molecule has 21 heavy (non-hydrogen) atoms. The molecule has 0 spiro atoms. The van der Waals surface area contributed by atoms with E-state index >= 15 is 0 Å². The Bertz CT molecular complexity index is 469. The van der Waals surface area contributed by atoms with Crippen LogP contribution in [-0.4, -0.2) is 45.9 Å². The van der Waals surface area contributed by atoms with Crippen LogP contribution in [0.3, 0.4) is 0 Å². The summed E-state index contributed by atoms with van der Waals surface area (Å²) < 4.78 is 0.831. The van der Waals surface area contributed by atoms with E-state index in [0.29, 0.717) is 6.54 Å². The van der Waals surface area contributed by atoms with Crippen LogP contribution >= 0.6 is 23.1 Å².